The molecule has 3 rings (SSSR count). The lowest BCUT2D eigenvalue weighted by Gasteiger charge is -2.24. The Kier molecular flexibility index (Phi) is 4.29. The van der Waals surface area contributed by atoms with Gasteiger partial charge in [0.1, 0.15) is 11.4 Å². The smallest absolute Gasteiger partial charge is 0.315 e. The number of benzene rings is 1. The summed E-state index contributed by atoms with van der Waals surface area (Å²) in [6.07, 6.45) is 2.02. The summed E-state index contributed by atoms with van der Waals surface area (Å²) in [4.78, 5) is 11.9. The second kappa shape index (κ2) is 6.37. The number of fused-ring (bicyclic) bond motifs is 1. The maximum absolute atomic E-state index is 11.9. The molecule has 3 N–H and O–H groups in total. The monoisotopic (exact) mass is 315 g/mol. The molecular formula is C16H21N5O2. The first-order valence-corrected chi connectivity index (χ1v) is 7.77. The molecule has 0 spiro atoms. The van der Waals surface area contributed by atoms with Gasteiger partial charge in [-0.15, -0.1) is 10.2 Å². The van der Waals surface area contributed by atoms with Gasteiger partial charge in [0, 0.05) is 13.0 Å². The molecule has 0 fully saturated rings. The first-order chi connectivity index (χ1) is 11.1. The average Bonchev–Trinajstić information content (AvgIpc) is 3.16. The van der Waals surface area contributed by atoms with Crippen molar-refractivity contribution in [1.29, 1.82) is 0 Å². The normalized spacial score (nSPS) is 15.7. The van der Waals surface area contributed by atoms with Crippen LogP contribution < -0.4 is 10.6 Å². The molecule has 1 unspecified atom stereocenters. The number of hydrogen-bond acceptors (Lipinski definition) is 4. The van der Waals surface area contributed by atoms with Gasteiger partial charge in [-0.05, 0) is 18.9 Å². The van der Waals surface area contributed by atoms with E-state index in [9.17, 15) is 9.90 Å². The van der Waals surface area contributed by atoms with Crippen molar-refractivity contribution in [2.75, 3.05) is 6.54 Å². The van der Waals surface area contributed by atoms with Crippen molar-refractivity contribution in [2.24, 2.45) is 0 Å². The van der Waals surface area contributed by atoms with Crippen molar-refractivity contribution in [3.05, 3.63) is 47.5 Å². The summed E-state index contributed by atoms with van der Waals surface area (Å²) < 4.78 is 2.04. The van der Waals surface area contributed by atoms with Crippen LogP contribution in [-0.4, -0.2) is 32.4 Å². The molecule has 1 aliphatic heterocycles. The molecule has 2 heterocycles. The van der Waals surface area contributed by atoms with E-state index < -0.39 is 5.60 Å². The van der Waals surface area contributed by atoms with E-state index >= 15 is 0 Å². The van der Waals surface area contributed by atoms with Crippen LogP contribution in [0.2, 0.25) is 0 Å². The predicted molar refractivity (Wildman–Crippen MR) is 84.6 cm³/mol. The maximum atomic E-state index is 11.9. The van der Waals surface area contributed by atoms with E-state index in [4.69, 9.17) is 0 Å². The van der Waals surface area contributed by atoms with Crippen LogP contribution in [0.15, 0.2) is 30.3 Å². The minimum absolute atomic E-state index is 0.126. The van der Waals surface area contributed by atoms with Gasteiger partial charge in [0.2, 0.25) is 0 Å². The number of amides is 2. The Balaban J connectivity index is 1.50. The molecule has 2 amide bonds. The van der Waals surface area contributed by atoms with Gasteiger partial charge in [-0.2, -0.15) is 0 Å². The summed E-state index contributed by atoms with van der Waals surface area (Å²) in [5.74, 6) is 1.75. The standard InChI is InChI=1S/C16H21N5O2/c1-16(23,12-6-3-2-4-7-12)11-18-15(22)17-10-14-20-19-13-8-5-9-21(13)14/h2-4,6-7,23H,5,8-11H2,1H3,(H2,17,18,22). The SMILES string of the molecule is CC(O)(CNC(=O)NCc1nnc2n1CCC2)c1ccccc1. The molecule has 1 aromatic carbocycles. The van der Waals surface area contributed by atoms with Crippen molar-refractivity contribution >= 4 is 6.03 Å². The molecule has 0 radical (unpaired) electrons. The van der Waals surface area contributed by atoms with Gasteiger partial charge < -0.3 is 20.3 Å². The van der Waals surface area contributed by atoms with Crippen molar-refractivity contribution < 1.29 is 9.90 Å². The lowest BCUT2D eigenvalue weighted by molar-refractivity contribution is 0.0594. The first kappa shape index (κ1) is 15.5. The Morgan fingerprint density at radius 1 is 1.30 bits per heavy atom. The highest BCUT2D eigenvalue weighted by Crippen LogP contribution is 2.18. The highest BCUT2D eigenvalue weighted by molar-refractivity contribution is 5.73. The molecule has 0 aliphatic carbocycles. The lowest BCUT2D eigenvalue weighted by Crippen LogP contribution is -2.43. The molecule has 0 saturated carbocycles. The van der Waals surface area contributed by atoms with Crippen LogP contribution in [0.4, 0.5) is 4.79 Å². The van der Waals surface area contributed by atoms with Crippen LogP contribution in [0.3, 0.4) is 0 Å². The molecule has 1 atom stereocenters. The summed E-state index contributed by atoms with van der Waals surface area (Å²) in [5.41, 5.74) is -0.357. The second-order valence-electron chi connectivity index (χ2n) is 5.96. The number of nitrogens with zero attached hydrogens (tertiary/aromatic N) is 3. The highest BCUT2D eigenvalue weighted by Gasteiger charge is 2.23. The number of nitrogens with one attached hydrogen (secondary N) is 2. The van der Waals surface area contributed by atoms with E-state index in [1.165, 1.54) is 0 Å². The van der Waals surface area contributed by atoms with Crippen LogP contribution in [0.5, 0.6) is 0 Å². The fourth-order valence-corrected chi connectivity index (χ4v) is 2.72. The van der Waals surface area contributed by atoms with Crippen LogP contribution >= 0.6 is 0 Å². The quantitative estimate of drug-likeness (QED) is 0.765. The third kappa shape index (κ3) is 3.50. The Morgan fingerprint density at radius 2 is 2.09 bits per heavy atom. The van der Waals surface area contributed by atoms with Crippen LogP contribution in [0, 0.1) is 0 Å². The number of aromatic nitrogens is 3. The minimum atomic E-state index is -1.12. The van der Waals surface area contributed by atoms with E-state index in [0.29, 0.717) is 6.54 Å². The number of aryl methyl sites for hydroxylation is 1. The zero-order valence-corrected chi connectivity index (χ0v) is 13.1. The Hall–Kier alpha value is -2.41. The molecule has 1 aliphatic rings. The zero-order valence-electron chi connectivity index (χ0n) is 13.1. The number of carbonyl (C=O) groups is 1. The van der Waals surface area contributed by atoms with Crippen molar-refractivity contribution in [3.63, 3.8) is 0 Å². The molecule has 1 aromatic heterocycles. The molecule has 122 valence electrons. The Morgan fingerprint density at radius 3 is 2.87 bits per heavy atom. The summed E-state index contributed by atoms with van der Waals surface area (Å²) in [6, 6.07) is 8.93. The molecular weight excluding hydrogens is 294 g/mol. The van der Waals surface area contributed by atoms with Crippen molar-refractivity contribution in [2.45, 2.75) is 38.5 Å². The molecule has 23 heavy (non-hydrogen) atoms. The second-order valence-corrected chi connectivity index (χ2v) is 5.96. The van der Waals surface area contributed by atoms with Gasteiger partial charge in [0.25, 0.3) is 0 Å². The molecule has 0 saturated heterocycles. The number of rotatable bonds is 5. The largest absolute Gasteiger partial charge is 0.384 e. The lowest BCUT2D eigenvalue weighted by atomic mass is 9.96. The van der Waals surface area contributed by atoms with Gasteiger partial charge in [-0.1, -0.05) is 30.3 Å². The Labute approximate surface area is 134 Å². The summed E-state index contributed by atoms with van der Waals surface area (Å²) >= 11 is 0. The van der Waals surface area contributed by atoms with Crippen molar-refractivity contribution in [1.82, 2.24) is 25.4 Å². The van der Waals surface area contributed by atoms with Crippen LogP contribution in [0.1, 0.15) is 30.6 Å². The van der Waals surface area contributed by atoms with Crippen LogP contribution in [0.25, 0.3) is 0 Å². The zero-order chi connectivity index (χ0) is 16.3. The topological polar surface area (TPSA) is 92.1 Å². The molecule has 7 nitrogen and oxygen atoms in total. The number of urea groups is 1. The number of hydrogen-bond donors (Lipinski definition) is 3. The van der Waals surface area contributed by atoms with Crippen molar-refractivity contribution in [3.8, 4) is 0 Å². The highest BCUT2D eigenvalue weighted by atomic mass is 16.3. The fourth-order valence-electron chi connectivity index (χ4n) is 2.72. The predicted octanol–water partition coefficient (Wildman–Crippen LogP) is 0.931. The van der Waals surface area contributed by atoms with E-state index in [-0.39, 0.29) is 12.6 Å². The maximum Gasteiger partial charge on any atom is 0.315 e. The van der Waals surface area contributed by atoms with E-state index in [0.717, 1.165) is 36.6 Å². The van der Waals surface area contributed by atoms with Gasteiger partial charge >= 0.3 is 6.03 Å². The van der Waals surface area contributed by atoms with E-state index in [2.05, 4.69) is 20.8 Å². The average molecular weight is 315 g/mol. The number of carbonyl (C=O) groups excluding carboxylic acids is 1. The number of aliphatic hydroxyl groups is 1. The third-order valence-corrected chi connectivity index (χ3v) is 4.08. The molecule has 0 bridgehead atoms. The summed E-state index contributed by atoms with van der Waals surface area (Å²) in [7, 11) is 0. The third-order valence-electron chi connectivity index (χ3n) is 4.08. The minimum Gasteiger partial charge on any atom is -0.384 e. The fraction of sp³-hybridized carbons (Fsp3) is 0.438. The van der Waals surface area contributed by atoms with E-state index in [1.54, 1.807) is 6.92 Å². The summed E-state index contributed by atoms with van der Waals surface area (Å²) in [6.45, 7) is 3.03. The van der Waals surface area contributed by atoms with Gasteiger partial charge in [0.05, 0.1) is 13.1 Å². The first-order valence-electron chi connectivity index (χ1n) is 7.77. The van der Waals surface area contributed by atoms with Gasteiger partial charge in [-0.25, -0.2) is 4.79 Å². The molecule has 7 heteroatoms. The summed E-state index contributed by atoms with van der Waals surface area (Å²) in [5, 5.41) is 24.1. The van der Waals surface area contributed by atoms with Crippen LogP contribution in [-0.2, 0) is 25.1 Å². The van der Waals surface area contributed by atoms with Gasteiger partial charge in [0.15, 0.2) is 5.82 Å². The Bertz CT molecular complexity index is 681. The molecule has 2 aromatic rings. The van der Waals surface area contributed by atoms with Gasteiger partial charge in [-0.3, -0.25) is 0 Å². The van der Waals surface area contributed by atoms with E-state index in [1.807, 2.05) is 34.9 Å².